The van der Waals surface area contributed by atoms with E-state index >= 15 is 0 Å². The lowest BCUT2D eigenvalue weighted by molar-refractivity contribution is -0.111. The highest BCUT2D eigenvalue weighted by Crippen LogP contribution is 2.14. The normalized spacial score (nSPS) is 10.4. The van der Waals surface area contributed by atoms with Gasteiger partial charge in [0, 0.05) is 12.3 Å². The molecule has 0 saturated heterocycles. The van der Waals surface area contributed by atoms with E-state index in [0.717, 1.165) is 0 Å². The first-order valence-corrected chi connectivity index (χ1v) is 5.89. The second kappa shape index (κ2) is 6.29. The fourth-order valence-electron chi connectivity index (χ4n) is 1.59. The van der Waals surface area contributed by atoms with Crippen LogP contribution in [0, 0.1) is 0 Å². The van der Waals surface area contributed by atoms with Crippen LogP contribution in [-0.2, 0) is 4.79 Å². The lowest BCUT2D eigenvalue weighted by Gasteiger charge is -2.05. The summed E-state index contributed by atoms with van der Waals surface area (Å²) < 4.78 is 0. The Labute approximate surface area is 115 Å². The zero-order chi connectivity index (χ0) is 14.4. The molecule has 2 rings (SSSR count). The molecule has 1 aromatic carbocycles. The Morgan fingerprint density at radius 2 is 1.85 bits per heavy atom. The summed E-state index contributed by atoms with van der Waals surface area (Å²) in [7, 11) is 0. The molecule has 1 heterocycles. The van der Waals surface area contributed by atoms with E-state index in [1.165, 1.54) is 18.2 Å². The van der Waals surface area contributed by atoms with Crippen molar-refractivity contribution in [2.24, 2.45) is 0 Å². The minimum absolute atomic E-state index is 0.0482. The number of para-hydroxylation sites is 1. The van der Waals surface area contributed by atoms with Gasteiger partial charge in [0.05, 0.1) is 16.9 Å². The maximum absolute atomic E-state index is 11.7. The van der Waals surface area contributed by atoms with Crippen molar-refractivity contribution in [2.75, 3.05) is 5.32 Å². The van der Waals surface area contributed by atoms with Crippen molar-refractivity contribution in [1.82, 2.24) is 4.98 Å². The maximum Gasteiger partial charge on any atom is 0.337 e. The van der Waals surface area contributed by atoms with Crippen LogP contribution in [0.25, 0.3) is 6.08 Å². The average molecular weight is 268 g/mol. The number of hydrogen-bond acceptors (Lipinski definition) is 3. The van der Waals surface area contributed by atoms with Crippen LogP contribution < -0.4 is 5.32 Å². The third-order valence-electron chi connectivity index (χ3n) is 2.51. The molecule has 0 aliphatic heterocycles. The fourth-order valence-corrected chi connectivity index (χ4v) is 1.59. The Kier molecular flexibility index (Phi) is 4.24. The van der Waals surface area contributed by atoms with Gasteiger partial charge in [0.25, 0.3) is 0 Å². The smallest absolute Gasteiger partial charge is 0.337 e. The third kappa shape index (κ3) is 3.52. The summed E-state index contributed by atoms with van der Waals surface area (Å²) in [5.41, 5.74) is 0.955. The van der Waals surface area contributed by atoms with Gasteiger partial charge in [-0.15, -0.1) is 0 Å². The van der Waals surface area contributed by atoms with Crippen molar-refractivity contribution in [3.63, 3.8) is 0 Å². The van der Waals surface area contributed by atoms with Crippen molar-refractivity contribution in [1.29, 1.82) is 0 Å². The molecular formula is C15H12N2O3. The van der Waals surface area contributed by atoms with Gasteiger partial charge in [-0.1, -0.05) is 18.2 Å². The van der Waals surface area contributed by atoms with Gasteiger partial charge in [-0.3, -0.25) is 9.78 Å². The second-order valence-corrected chi connectivity index (χ2v) is 3.93. The Bertz CT molecular complexity index is 651. The molecule has 2 N–H and O–H groups in total. The molecule has 0 radical (unpaired) electrons. The molecule has 20 heavy (non-hydrogen) atoms. The zero-order valence-corrected chi connectivity index (χ0v) is 10.5. The van der Waals surface area contributed by atoms with E-state index < -0.39 is 11.9 Å². The zero-order valence-electron chi connectivity index (χ0n) is 10.5. The number of carbonyl (C=O) groups is 2. The van der Waals surface area contributed by atoms with Gasteiger partial charge >= 0.3 is 5.97 Å². The number of benzene rings is 1. The number of amides is 1. The van der Waals surface area contributed by atoms with Gasteiger partial charge in [0.15, 0.2) is 0 Å². The number of aromatic nitrogens is 1. The van der Waals surface area contributed by atoms with Crippen molar-refractivity contribution in [3.05, 3.63) is 66.0 Å². The van der Waals surface area contributed by atoms with E-state index in [4.69, 9.17) is 5.11 Å². The van der Waals surface area contributed by atoms with Gasteiger partial charge in [0.2, 0.25) is 5.91 Å². The first kappa shape index (κ1) is 13.5. The number of anilines is 1. The molecule has 1 aromatic heterocycles. The number of carboxylic acid groups (broad SMARTS) is 1. The molecule has 0 unspecified atom stereocenters. The number of carboxylic acids is 1. The molecule has 0 spiro atoms. The molecule has 0 atom stereocenters. The van der Waals surface area contributed by atoms with Crippen LogP contribution in [0.15, 0.2) is 54.7 Å². The third-order valence-corrected chi connectivity index (χ3v) is 2.51. The van der Waals surface area contributed by atoms with Crippen molar-refractivity contribution in [3.8, 4) is 0 Å². The standard InChI is InChI=1S/C15H12N2O3/c18-14(9-8-11-5-3-4-10-16-11)17-13-7-2-1-6-12(13)15(19)20/h1-10H,(H,17,18)(H,19,20)/b9-8+. The Morgan fingerprint density at radius 3 is 2.55 bits per heavy atom. The van der Waals surface area contributed by atoms with Crippen LogP contribution in [0.4, 0.5) is 5.69 Å². The Morgan fingerprint density at radius 1 is 1.10 bits per heavy atom. The monoisotopic (exact) mass is 268 g/mol. The van der Waals surface area contributed by atoms with Crippen LogP contribution >= 0.6 is 0 Å². The molecule has 1 amide bonds. The van der Waals surface area contributed by atoms with Crippen molar-refractivity contribution >= 4 is 23.6 Å². The molecule has 5 nitrogen and oxygen atoms in total. The molecule has 100 valence electrons. The SMILES string of the molecule is O=C(/C=C/c1ccccn1)Nc1ccccc1C(=O)O. The van der Waals surface area contributed by atoms with Crippen LogP contribution in [0.1, 0.15) is 16.1 Å². The topological polar surface area (TPSA) is 79.3 Å². The predicted molar refractivity (Wildman–Crippen MR) is 75.3 cm³/mol. The molecular weight excluding hydrogens is 256 g/mol. The molecule has 0 bridgehead atoms. The molecule has 0 fully saturated rings. The Balaban J connectivity index is 2.09. The summed E-state index contributed by atoms with van der Waals surface area (Å²) in [6.07, 6.45) is 4.48. The second-order valence-electron chi connectivity index (χ2n) is 3.93. The number of hydrogen-bond donors (Lipinski definition) is 2. The number of nitrogens with zero attached hydrogens (tertiary/aromatic N) is 1. The average Bonchev–Trinajstić information content (AvgIpc) is 2.46. The highest BCUT2D eigenvalue weighted by Gasteiger charge is 2.09. The largest absolute Gasteiger partial charge is 0.478 e. The lowest BCUT2D eigenvalue weighted by Crippen LogP contribution is -2.11. The predicted octanol–water partition coefficient (Wildman–Crippen LogP) is 2.43. The molecule has 0 aliphatic carbocycles. The fraction of sp³-hybridized carbons (Fsp3) is 0. The first-order chi connectivity index (χ1) is 9.66. The van der Waals surface area contributed by atoms with Crippen molar-refractivity contribution < 1.29 is 14.7 Å². The van der Waals surface area contributed by atoms with Crippen LogP contribution in [0.2, 0.25) is 0 Å². The van der Waals surface area contributed by atoms with E-state index in [1.54, 1.807) is 36.5 Å². The van der Waals surface area contributed by atoms with Crippen LogP contribution in [0.3, 0.4) is 0 Å². The highest BCUT2D eigenvalue weighted by molar-refractivity contribution is 6.05. The lowest BCUT2D eigenvalue weighted by atomic mass is 10.2. The minimum Gasteiger partial charge on any atom is -0.478 e. The Hall–Kier alpha value is -2.95. The molecule has 2 aromatic rings. The van der Waals surface area contributed by atoms with E-state index in [0.29, 0.717) is 5.69 Å². The van der Waals surface area contributed by atoms with E-state index in [9.17, 15) is 9.59 Å². The molecule has 0 saturated carbocycles. The summed E-state index contributed by atoms with van der Waals surface area (Å²) >= 11 is 0. The first-order valence-electron chi connectivity index (χ1n) is 5.89. The van der Waals surface area contributed by atoms with E-state index in [2.05, 4.69) is 10.3 Å². The number of aromatic carboxylic acids is 1. The molecule has 5 heteroatoms. The summed E-state index contributed by atoms with van der Waals surface area (Å²) in [5.74, 6) is -1.50. The summed E-state index contributed by atoms with van der Waals surface area (Å²) in [6, 6.07) is 11.6. The van der Waals surface area contributed by atoms with E-state index in [-0.39, 0.29) is 11.3 Å². The number of nitrogens with one attached hydrogen (secondary N) is 1. The summed E-state index contributed by atoms with van der Waals surface area (Å²) in [5, 5.41) is 11.5. The quantitative estimate of drug-likeness (QED) is 0.835. The van der Waals surface area contributed by atoms with Gasteiger partial charge in [-0.2, -0.15) is 0 Å². The number of pyridine rings is 1. The van der Waals surface area contributed by atoms with Crippen molar-refractivity contribution in [2.45, 2.75) is 0 Å². The number of carbonyl (C=O) groups excluding carboxylic acids is 1. The van der Waals surface area contributed by atoms with Gasteiger partial charge in [-0.05, 0) is 30.3 Å². The van der Waals surface area contributed by atoms with Gasteiger partial charge in [-0.25, -0.2) is 4.79 Å². The van der Waals surface area contributed by atoms with Crippen LogP contribution in [-0.4, -0.2) is 22.0 Å². The van der Waals surface area contributed by atoms with Gasteiger partial charge < -0.3 is 10.4 Å². The maximum atomic E-state index is 11.7. The van der Waals surface area contributed by atoms with Gasteiger partial charge in [0.1, 0.15) is 0 Å². The summed E-state index contributed by atoms with van der Waals surface area (Å²) in [6.45, 7) is 0. The number of rotatable bonds is 4. The van der Waals surface area contributed by atoms with E-state index in [1.807, 2.05) is 6.07 Å². The molecule has 0 aliphatic rings. The summed E-state index contributed by atoms with van der Waals surface area (Å²) in [4.78, 5) is 26.8. The minimum atomic E-state index is -1.09. The van der Waals surface area contributed by atoms with Crippen LogP contribution in [0.5, 0.6) is 0 Å². The highest BCUT2D eigenvalue weighted by atomic mass is 16.4.